The van der Waals surface area contributed by atoms with Gasteiger partial charge in [0.25, 0.3) is 0 Å². The molecule has 1 aromatic rings. The van der Waals surface area contributed by atoms with Crippen molar-refractivity contribution < 1.29 is 15.3 Å². The van der Waals surface area contributed by atoms with E-state index in [2.05, 4.69) is 0 Å². The van der Waals surface area contributed by atoms with Gasteiger partial charge in [0.05, 0.1) is 13.2 Å². The average molecular weight is 270 g/mol. The summed E-state index contributed by atoms with van der Waals surface area (Å²) in [5, 5.41) is 28.7. The number of thiocarbonyl (C=S) groups is 1. The van der Waals surface area contributed by atoms with Crippen molar-refractivity contribution in [1.29, 1.82) is 0 Å². The molecule has 3 N–H and O–H groups in total. The van der Waals surface area contributed by atoms with Crippen LogP contribution in [0.15, 0.2) is 12.1 Å². The molecule has 0 bridgehead atoms. The monoisotopic (exact) mass is 270 g/mol. The highest BCUT2D eigenvalue weighted by atomic mass is 32.1. The summed E-state index contributed by atoms with van der Waals surface area (Å²) in [6.45, 7) is -0.593. The third kappa shape index (κ3) is 2.90. The molecule has 0 fully saturated rings. The van der Waals surface area contributed by atoms with Gasteiger partial charge in [-0.2, -0.15) is 0 Å². The molecular formula is C12H18N2O3S. The zero-order valence-electron chi connectivity index (χ0n) is 10.7. The van der Waals surface area contributed by atoms with E-state index in [-0.39, 0.29) is 19.0 Å². The molecule has 5 nitrogen and oxygen atoms in total. The van der Waals surface area contributed by atoms with Gasteiger partial charge in [0.2, 0.25) is 0 Å². The van der Waals surface area contributed by atoms with E-state index >= 15 is 0 Å². The van der Waals surface area contributed by atoms with E-state index in [0.717, 1.165) is 0 Å². The first kappa shape index (κ1) is 14.7. The topological polar surface area (TPSA) is 67.2 Å². The lowest BCUT2D eigenvalue weighted by Crippen LogP contribution is -2.36. The van der Waals surface area contributed by atoms with Crippen LogP contribution in [0.25, 0.3) is 0 Å². The fourth-order valence-corrected chi connectivity index (χ4v) is 1.69. The predicted octanol–water partition coefficient (Wildman–Crippen LogP) is 0.659. The Hall–Kier alpha value is -1.37. The maximum atomic E-state index is 9.76. The fourth-order valence-electron chi connectivity index (χ4n) is 1.59. The molecule has 0 spiro atoms. The van der Waals surface area contributed by atoms with E-state index in [4.69, 9.17) is 12.2 Å². The van der Waals surface area contributed by atoms with Crippen molar-refractivity contribution in [3.05, 3.63) is 23.3 Å². The zero-order valence-corrected chi connectivity index (χ0v) is 11.5. The zero-order chi connectivity index (χ0) is 13.9. The van der Waals surface area contributed by atoms with Gasteiger partial charge in [0, 0.05) is 38.0 Å². The maximum Gasteiger partial charge on any atom is 0.175 e. The van der Waals surface area contributed by atoms with Gasteiger partial charge in [-0.1, -0.05) is 0 Å². The molecule has 0 saturated heterocycles. The lowest BCUT2D eigenvalue weighted by atomic mass is 10.1. The Morgan fingerprint density at radius 1 is 1.11 bits per heavy atom. The molecule has 0 unspecified atom stereocenters. The number of nitrogens with zero attached hydrogens (tertiary/aromatic N) is 2. The van der Waals surface area contributed by atoms with Crippen LogP contribution in [-0.2, 0) is 13.2 Å². The smallest absolute Gasteiger partial charge is 0.175 e. The maximum absolute atomic E-state index is 9.76. The largest absolute Gasteiger partial charge is 0.507 e. The molecule has 0 atom stereocenters. The minimum atomic E-state index is -0.296. The number of hydrogen-bond acceptors (Lipinski definition) is 4. The molecule has 0 aliphatic rings. The quantitative estimate of drug-likeness (QED) is 0.701. The van der Waals surface area contributed by atoms with E-state index in [0.29, 0.717) is 21.9 Å². The molecule has 0 heterocycles. The van der Waals surface area contributed by atoms with Crippen LogP contribution in [0.2, 0.25) is 0 Å². The van der Waals surface area contributed by atoms with Crippen molar-refractivity contribution in [2.45, 2.75) is 13.2 Å². The normalized spacial score (nSPS) is 10.3. The van der Waals surface area contributed by atoms with Crippen LogP contribution in [0, 0.1) is 0 Å². The number of aliphatic hydroxyl groups is 2. The molecule has 18 heavy (non-hydrogen) atoms. The Kier molecular flexibility index (Phi) is 4.89. The van der Waals surface area contributed by atoms with Crippen molar-refractivity contribution in [3.63, 3.8) is 0 Å². The summed E-state index contributed by atoms with van der Waals surface area (Å²) in [6, 6.07) is 3.29. The third-order valence-corrected chi connectivity index (χ3v) is 3.29. The van der Waals surface area contributed by atoms with Crippen LogP contribution < -0.4 is 4.90 Å². The second kappa shape index (κ2) is 5.99. The Balaban J connectivity index is 3.21. The van der Waals surface area contributed by atoms with Gasteiger partial charge < -0.3 is 25.1 Å². The van der Waals surface area contributed by atoms with E-state index in [1.807, 2.05) is 14.1 Å². The Morgan fingerprint density at radius 3 is 1.89 bits per heavy atom. The molecule has 0 amide bonds. The number of aromatic hydroxyl groups is 1. The van der Waals surface area contributed by atoms with E-state index < -0.39 is 0 Å². The fraction of sp³-hybridized carbons (Fsp3) is 0.417. The number of rotatable bonds is 3. The second-order valence-electron chi connectivity index (χ2n) is 4.16. The minimum Gasteiger partial charge on any atom is -0.507 e. The summed E-state index contributed by atoms with van der Waals surface area (Å²) in [6.07, 6.45) is 0. The van der Waals surface area contributed by atoms with Crippen LogP contribution in [-0.4, -0.2) is 46.5 Å². The first-order valence-electron chi connectivity index (χ1n) is 5.43. The predicted molar refractivity (Wildman–Crippen MR) is 74.6 cm³/mol. The molecule has 6 heteroatoms. The van der Waals surface area contributed by atoms with Gasteiger partial charge in [0.15, 0.2) is 5.11 Å². The van der Waals surface area contributed by atoms with Gasteiger partial charge in [-0.15, -0.1) is 0 Å². The minimum absolute atomic E-state index is 0.0760. The summed E-state index contributed by atoms with van der Waals surface area (Å²) in [4.78, 5) is 3.52. The standard InChI is InChI=1S/C12H18N2O3S/c1-13(2)12(18)14(3)10-4-8(6-15)11(17)9(5-10)7-16/h4-5,15-17H,6-7H2,1-3H3. The summed E-state index contributed by atoms with van der Waals surface area (Å²) in [5.74, 6) is -0.0760. The average Bonchev–Trinajstić information content (AvgIpc) is 2.37. The van der Waals surface area contributed by atoms with Gasteiger partial charge in [-0.3, -0.25) is 0 Å². The molecule has 0 radical (unpaired) electrons. The van der Waals surface area contributed by atoms with Crippen LogP contribution in [0.1, 0.15) is 11.1 Å². The van der Waals surface area contributed by atoms with Gasteiger partial charge >= 0.3 is 0 Å². The van der Waals surface area contributed by atoms with Crippen LogP contribution >= 0.6 is 12.2 Å². The van der Waals surface area contributed by atoms with Crippen molar-refractivity contribution >= 4 is 23.0 Å². The van der Waals surface area contributed by atoms with Gasteiger partial charge in [0.1, 0.15) is 5.75 Å². The summed E-state index contributed by atoms with van der Waals surface area (Å²) in [5.41, 5.74) is 1.44. The SMILES string of the molecule is CN(C)C(=S)N(C)c1cc(CO)c(O)c(CO)c1. The summed E-state index contributed by atoms with van der Waals surface area (Å²) < 4.78 is 0. The first-order valence-corrected chi connectivity index (χ1v) is 5.84. The van der Waals surface area contributed by atoms with Gasteiger partial charge in [-0.25, -0.2) is 0 Å². The second-order valence-corrected chi connectivity index (χ2v) is 4.53. The highest BCUT2D eigenvalue weighted by Crippen LogP contribution is 2.29. The van der Waals surface area contributed by atoms with Crippen molar-refractivity contribution in [2.24, 2.45) is 0 Å². The molecule has 0 aliphatic carbocycles. The molecule has 0 saturated carbocycles. The molecule has 0 aromatic heterocycles. The van der Waals surface area contributed by atoms with Crippen LogP contribution in [0.4, 0.5) is 5.69 Å². The summed E-state index contributed by atoms with van der Waals surface area (Å²) in [7, 11) is 5.45. The number of aliphatic hydroxyl groups excluding tert-OH is 2. The van der Waals surface area contributed by atoms with Crippen molar-refractivity contribution in [1.82, 2.24) is 4.90 Å². The third-order valence-electron chi connectivity index (χ3n) is 2.65. The van der Waals surface area contributed by atoms with Crippen LogP contribution in [0.3, 0.4) is 0 Å². The number of phenols is 1. The van der Waals surface area contributed by atoms with Crippen molar-refractivity contribution in [2.75, 3.05) is 26.0 Å². The Morgan fingerprint density at radius 2 is 1.56 bits per heavy atom. The van der Waals surface area contributed by atoms with E-state index in [1.54, 1.807) is 29.0 Å². The lowest BCUT2D eigenvalue weighted by molar-refractivity contribution is 0.264. The number of hydrogen-bond donors (Lipinski definition) is 3. The molecule has 1 rings (SSSR count). The highest BCUT2D eigenvalue weighted by molar-refractivity contribution is 7.80. The number of benzene rings is 1. The molecule has 100 valence electrons. The van der Waals surface area contributed by atoms with Crippen molar-refractivity contribution in [3.8, 4) is 5.75 Å². The number of anilines is 1. The lowest BCUT2D eigenvalue weighted by Gasteiger charge is -2.26. The van der Waals surface area contributed by atoms with Crippen LogP contribution in [0.5, 0.6) is 5.75 Å². The molecular weight excluding hydrogens is 252 g/mol. The Labute approximate surface area is 112 Å². The molecule has 1 aromatic carbocycles. The highest BCUT2D eigenvalue weighted by Gasteiger charge is 2.14. The van der Waals surface area contributed by atoms with E-state index in [1.165, 1.54) is 0 Å². The summed E-state index contributed by atoms with van der Waals surface area (Å²) >= 11 is 5.24. The van der Waals surface area contributed by atoms with E-state index in [9.17, 15) is 15.3 Å². The van der Waals surface area contributed by atoms with Gasteiger partial charge in [-0.05, 0) is 24.4 Å². The first-order chi connectivity index (χ1) is 8.42. The molecule has 0 aliphatic heterocycles. The Bertz CT molecular complexity index is 424.